The molecule has 0 saturated carbocycles. The highest BCUT2D eigenvalue weighted by atomic mass is 16.5. The molecule has 22 heavy (non-hydrogen) atoms. The molecule has 1 aromatic rings. The van der Waals surface area contributed by atoms with Gasteiger partial charge in [0.25, 0.3) is 0 Å². The maximum Gasteiger partial charge on any atom is 0.335 e. The summed E-state index contributed by atoms with van der Waals surface area (Å²) in [5.74, 6) is -1.02. The summed E-state index contributed by atoms with van der Waals surface area (Å²) in [6.45, 7) is 3.39. The Hall–Kier alpha value is -2.08. The summed E-state index contributed by atoms with van der Waals surface area (Å²) < 4.78 is 10.2. The molecule has 0 spiro atoms. The van der Waals surface area contributed by atoms with Gasteiger partial charge in [0.1, 0.15) is 5.75 Å². The predicted octanol–water partition coefficient (Wildman–Crippen LogP) is 2.81. The van der Waals surface area contributed by atoms with E-state index in [0.29, 0.717) is 19.6 Å². The van der Waals surface area contributed by atoms with Crippen LogP contribution < -0.4 is 4.74 Å². The molecule has 0 unspecified atom stereocenters. The molecule has 1 saturated heterocycles. The van der Waals surface area contributed by atoms with Crippen LogP contribution in [-0.2, 0) is 9.53 Å². The molecule has 1 aliphatic rings. The monoisotopic (exact) mass is 310 g/mol. The molecule has 1 aliphatic heterocycles. The van der Waals surface area contributed by atoms with Crippen LogP contribution in [0.2, 0.25) is 0 Å². The maximum absolute atomic E-state index is 10.5. The van der Waals surface area contributed by atoms with Crippen molar-refractivity contribution >= 4 is 11.9 Å². The van der Waals surface area contributed by atoms with E-state index in [0.717, 1.165) is 25.0 Å². The van der Waals surface area contributed by atoms with Crippen molar-refractivity contribution in [3.8, 4) is 5.75 Å². The number of benzene rings is 1. The second-order valence-electron chi connectivity index (χ2n) is 4.87. The number of carbonyl (C=O) groups is 2. The lowest BCUT2D eigenvalue weighted by atomic mass is 10.2. The Bertz CT molecular complexity index is 462. The molecule has 2 N–H and O–H groups in total. The van der Waals surface area contributed by atoms with E-state index in [1.807, 2.05) is 0 Å². The van der Waals surface area contributed by atoms with E-state index in [1.165, 1.54) is 0 Å². The average molecular weight is 310 g/mol. The van der Waals surface area contributed by atoms with Crippen LogP contribution in [0.4, 0.5) is 0 Å². The largest absolute Gasteiger partial charge is 0.494 e. The second-order valence-corrected chi connectivity index (χ2v) is 4.87. The zero-order valence-corrected chi connectivity index (χ0v) is 12.7. The van der Waals surface area contributed by atoms with Gasteiger partial charge in [-0.1, -0.05) is 13.3 Å². The molecular weight excluding hydrogens is 288 g/mol. The first-order valence-electron chi connectivity index (χ1n) is 7.35. The van der Waals surface area contributed by atoms with Crippen LogP contribution in [0.3, 0.4) is 0 Å². The summed E-state index contributed by atoms with van der Waals surface area (Å²) in [7, 11) is 0. The predicted molar refractivity (Wildman–Crippen MR) is 80.4 cm³/mol. The summed E-state index contributed by atoms with van der Waals surface area (Å²) in [5.41, 5.74) is 0.285. The van der Waals surface area contributed by atoms with Crippen molar-refractivity contribution < 1.29 is 29.3 Å². The van der Waals surface area contributed by atoms with Crippen LogP contribution in [0.5, 0.6) is 5.75 Å². The maximum atomic E-state index is 10.5. The van der Waals surface area contributed by atoms with Gasteiger partial charge in [0.15, 0.2) is 6.10 Å². The van der Waals surface area contributed by atoms with Crippen LogP contribution in [-0.4, -0.2) is 41.5 Å². The minimum absolute atomic E-state index is 0.285. The zero-order valence-electron chi connectivity index (χ0n) is 12.7. The highest BCUT2D eigenvalue weighted by Crippen LogP contribution is 2.12. The highest BCUT2D eigenvalue weighted by Gasteiger charge is 2.21. The second kappa shape index (κ2) is 9.78. The minimum Gasteiger partial charge on any atom is -0.494 e. The molecular formula is C16H22O6. The number of hydrogen-bond donors (Lipinski definition) is 2. The summed E-state index contributed by atoms with van der Waals surface area (Å²) in [5, 5.41) is 16.9. The Balaban J connectivity index is 0.000000255. The highest BCUT2D eigenvalue weighted by molar-refractivity contribution is 5.87. The lowest BCUT2D eigenvalue weighted by molar-refractivity contribution is -0.147. The zero-order chi connectivity index (χ0) is 16.4. The first-order valence-corrected chi connectivity index (χ1v) is 7.35. The first-order chi connectivity index (χ1) is 10.5. The van der Waals surface area contributed by atoms with Crippen molar-refractivity contribution in [3.05, 3.63) is 29.8 Å². The third-order valence-electron chi connectivity index (χ3n) is 3.07. The average Bonchev–Trinajstić information content (AvgIpc) is 3.03. The molecule has 0 aromatic heterocycles. The normalized spacial score (nSPS) is 16.5. The minimum atomic E-state index is -0.912. The van der Waals surface area contributed by atoms with Crippen molar-refractivity contribution in [3.63, 3.8) is 0 Å². The van der Waals surface area contributed by atoms with E-state index < -0.39 is 18.0 Å². The molecule has 0 aliphatic carbocycles. The Morgan fingerprint density at radius 1 is 1.27 bits per heavy atom. The molecule has 1 fully saturated rings. The number of aliphatic carboxylic acids is 1. The van der Waals surface area contributed by atoms with Gasteiger partial charge in [-0.2, -0.15) is 0 Å². The van der Waals surface area contributed by atoms with Crippen LogP contribution in [0.1, 0.15) is 43.0 Å². The number of unbranched alkanes of at least 4 members (excludes halogenated alkanes) is 1. The van der Waals surface area contributed by atoms with Crippen molar-refractivity contribution in [2.45, 2.75) is 38.7 Å². The van der Waals surface area contributed by atoms with E-state index >= 15 is 0 Å². The molecule has 1 aromatic carbocycles. The Kier molecular flexibility index (Phi) is 7.99. The number of rotatable bonds is 6. The fourth-order valence-corrected chi connectivity index (χ4v) is 1.80. The van der Waals surface area contributed by atoms with Crippen LogP contribution in [0, 0.1) is 0 Å². The Morgan fingerprint density at radius 2 is 1.95 bits per heavy atom. The van der Waals surface area contributed by atoms with E-state index in [-0.39, 0.29) is 5.56 Å². The van der Waals surface area contributed by atoms with Crippen molar-refractivity contribution in [1.29, 1.82) is 0 Å². The van der Waals surface area contributed by atoms with E-state index in [4.69, 9.17) is 19.7 Å². The quantitative estimate of drug-likeness (QED) is 0.785. The standard InChI is InChI=1S/C11H14O3.C5H8O3/c1-2-3-8-14-10-6-4-9(5-7-10)11(12)13;6-5(7)4-2-1-3-8-4/h4-7H,2-3,8H2,1H3,(H,12,13);4H,1-3H2,(H,6,7)/t;4-/m.0/s1. The molecule has 0 bridgehead atoms. The van der Waals surface area contributed by atoms with Gasteiger partial charge in [-0.3, -0.25) is 0 Å². The van der Waals surface area contributed by atoms with Gasteiger partial charge in [-0.05, 0) is 43.5 Å². The molecule has 2 rings (SSSR count). The molecule has 0 radical (unpaired) electrons. The number of carboxylic acid groups (broad SMARTS) is 2. The fourth-order valence-electron chi connectivity index (χ4n) is 1.80. The van der Waals surface area contributed by atoms with Crippen molar-refractivity contribution in [1.82, 2.24) is 0 Å². The Morgan fingerprint density at radius 3 is 2.36 bits per heavy atom. The molecule has 6 nitrogen and oxygen atoms in total. The van der Waals surface area contributed by atoms with E-state index in [9.17, 15) is 9.59 Å². The van der Waals surface area contributed by atoms with Gasteiger partial charge in [0.2, 0.25) is 0 Å². The van der Waals surface area contributed by atoms with Gasteiger partial charge >= 0.3 is 11.9 Å². The summed E-state index contributed by atoms with van der Waals surface area (Å²) in [4.78, 5) is 20.6. The lowest BCUT2D eigenvalue weighted by Gasteiger charge is -2.04. The van der Waals surface area contributed by atoms with Crippen LogP contribution in [0.15, 0.2) is 24.3 Å². The molecule has 6 heteroatoms. The molecule has 0 amide bonds. The van der Waals surface area contributed by atoms with Crippen molar-refractivity contribution in [2.24, 2.45) is 0 Å². The lowest BCUT2D eigenvalue weighted by Crippen LogP contribution is -2.17. The first kappa shape index (κ1) is 18.0. The third kappa shape index (κ3) is 6.58. The van der Waals surface area contributed by atoms with Gasteiger partial charge in [-0.25, -0.2) is 9.59 Å². The third-order valence-corrected chi connectivity index (χ3v) is 3.07. The van der Waals surface area contributed by atoms with Gasteiger partial charge in [0.05, 0.1) is 12.2 Å². The molecule has 122 valence electrons. The summed E-state index contributed by atoms with van der Waals surface area (Å²) >= 11 is 0. The van der Waals surface area contributed by atoms with Gasteiger partial charge in [-0.15, -0.1) is 0 Å². The number of ether oxygens (including phenoxy) is 2. The summed E-state index contributed by atoms with van der Waals surface area (Å²) in [6.07, 6.45) is 3.15. The van der Waals surface area contributed by atoms with Gasteiger partial charge in [0, 0.05) is 6.61 Å². The van der Waals surface area contributed by atoms with E-state index in [1.54, 1.807) is 24.3 Å². The van der Waals surface area contributed by atoms with Gasteiger partial charge < -0.3 is 19.7 Å². The van der Waals surface area contributed by atoms with E-state index in [2.05, 4.69) is 6.92 Å². The topological polar surface area (TPSA) is 93.1 Å². The van der Waals surface area contributed by atoms with Crippen LogP contribution in [0.25, 0.3) is 0 Å². The number of hydrogen-bond acceptors (Lipinski definition) is 4. The number of carboxylic acids is 2. The van der Waals surface area contributed by atoms with Crippen LogP contribution >= 0.6 is 0 Å². The number of aromatic carboxylic acids is 1. The molecule has 1 atom stereocenters. The molecule has 1 heterocycles. The SMILES string of the molecule is CCCCOc1ccc(C(=O)O)cc1.O=C(O)[C@@H]1CCCO1. The summed E-state index contributed by atoms with van der Waals surface area (Å²) in [6, 6.07) is 6.45. The smallest absolute Gasteiger partial charge is 0.335 e. The van der Waals surface area contributed by atoms with Crippen molar-refractivity contribution in [2.75, 3.05) is 13.2 Å². The Labute approximate surface area is 129 Å². The fraction of sp³-hybridized carbons (Fsp3) is 0.500.